The number of carbonyl (C=O) groups is 3. The zero-order valence-electron chi connectivity index (χ0n) is 19.5. The van der Waals surface area contributed by atoms with Gasteiger partial charge >= 0.3 is 5.97 Å². The summed E-state index contributed by atoms with van der Waals surface area (Å²) in [5.41, 5.74) is 1.76. The van der Waals surface area contributed by atoms with Gasteiger partial charge in [-0.2, -0.15) is 0 Å². The van der Waals surface area contributed by atoms with Crippen LogP contribution in [-0.4, -0.2) is 33.8 Å². The lowest BCUT2D eigenvalue weighted by Gasteiger charge is -2.10. The number of rotatable bonds is 6. The van der Waals surface area contributed by atoms with Crippen molar-refractivity contribution in [3.05, 3.63) is 91.3 Å². The second kappa shape index (κ2) is 10.3. The maximum absolute atomic E-state index is 13.4. The van der Waals surface area contributed by atoms with Gasteiger partial charge in [-0.05, 0) is 68.8 Å². The molecule has 2 aromatic heterocycles. The van der Waals surface area contributed by atoms with Crippen molar-refractivity contribution >= 4 is 57.1 Å². The van der Waals surface area contributed by atoms with Crippen LogP contribution in [0.1, 0.15) is 48.7 Å². The predicted octanol–water partition coefficient (Wildman–Crippen LogP) is 4.71. The Labute approximate surface area is 214 Å². The van der Waals surface area contributed by atoms with Crippen LogP contribution in [0.2, 0.25) is 5.02 Å². The molecule has 0 radical (unpaired) electrons. The van der Waals surface area contributed by atoms with Gasteiger partial charge in [-0.3, -0.25) is 14.4 Å². The van der Waals surface area contributed by atoms with Gasteiger partial charge in [-0.25, -0.2) is 14.2 Å². The fourth-order valence-electron chi connectivity index (χ4n) is 3.49. The summed E-state index contributed by atoms with van der Waals surface area (Å²) in [7, 11) is 0. The molecule has 0 aliphatic carbocycles. The number of nitrogens with zero attached hydrogens (tertiary/aromatic N) is 2. The fraction of sp³-hybridized carbons (Fsp3) is 0.160. The van der Waals surface area contributed by atoms with Crippen molar-refractivity contribution in [2.45, 2.75) is 20.8 Å². The largest absolute Gasteiger partial charge is 0.462 e. The van der Waals surface area contributed by atoms with Crippen LogP contribution in [0.5, 0.6) is 0 Å². The Bertz CT molecular complexity index is 1560. The lowest BCUT2D eigenvalue weighted by molar-refractivity contribution is 0.0526. The van der Waals surface area contributed by atoms with Crippen molar-refractivity contribution in [2.24, 2.45) is 0 Å². The number of aryl methyl sites for hydroxylation is 2. The monoisotopic (exact) mass is 524 g/mol. The molecule has 2 aromatic carbocycles. The Morgan fingerprint density at radius 2 is 1.75 bits per heavy atom. The van der Waals surface area contributed by atoms with E-state index in [4.69, 9.17) is 16.3 Å². The van der Waals surface area contributed by atoms with Crippen LogP contribution < -0.4 is 16.2 Å². The van der Waals surface area contributed by atoms with Gasteiger partial charge < -0.3 is 15.4 Å². The first-order valence-electron chi connectivity index (χ1n) is 10.9. The van der Waals surface area contributed by atoms with Gasteiger partial charge in [-0.1, -0.05) is 22.9 Å². The highest BCUT2D eigenvalue weighted by atomic mass is 35.5. The third-order valence-electron chi connectivity index (χ3n) is 5.16. The SMILES string of the molecule is CCOC(=O)c1ccc(NC(=O)c2c(C(=O)Nc3ccc(Cl)cc3C)sc3nc(C)cc(=O)n23)cc1. The molecule has 2 N–H and O–H groups in total. The number of halogens is 1. The van der Waals surface area contributed by atoms with Gasteiger partial charge in [0.2, 0.25) is 0 Å². The first-order valence-corrected chi connectivity index (χ1v) is 12.1. The van der Waals surface area contributed by atoms with Gasteiger partial charge in [0.05, 0.1) is 12.2 Å². The highest BCUT2D eigenvalue weighted by molar-refractivity contribution is 7.19. The molecule has 184 valence electrons. The summed E-state index contributed by atoms with van der Waals surface area (Å²) in [6.45, 7) is 5.39. The average Bonchev–Trinajstić information content (AvgIpc) is 3.21. The molecule has 36 heavy (non-hydrogen) atoms. The number of anilines is 2. The molecule has 4 aromatic rings. The lowest BCUT2D eigenvalue weighted by atomic mass is 10.2. The minimum absolute atomic E-state index is 0.0141. The number of thiazole rings is 1. The molecule has 11 heteroatoms. The number of ether oxygens (including phenoxy) is 1. The number of hydrogen-bond donors (Lipinski definition) is 2. The van der Waals surface area contributed by atoms with Crippen molar-refractivity contribution < 1.29 is 19.1 Å². The highest BCUT2D eigenvalue weighted by Crippen LogP contribution is 2.26. The van der Waals surface area contributed by atoms with Gasteiger partial charge in [-0.15, -0.1) is 0 Å². The first-order chi connectivity index (χ1) is 17.2. The van der Waals surface area contributed by atoms with E-state index in [-0.39, 0.29) is 22.1 Å². The quantitative estimate of drug-likeness (QED) is 0.353. The second-order valence-corrected chi connectivity index (χ2v) is 9.21. The third-order valence-corrected chi connectivity index (χ3v) is 6.43. The summed E-state index contributed by atoms with van der Waals surface area (Å²) in [6.07, 6.45) is 0. The molecule has 0 bridgehead atoms. The average molecular weight is 525 g/mol. The normalized spacial score (nSPS) is 10.8. The molecule has 0 atom stereocenters. The van der Waals surface area contributed by atoms with Gasteiger partial charge in [0.15, 0.2) is 4.96 Å². The Kier molecular flexibility index (Phi) is 7.18. The van der Waals surface area contributed by atoms with E-state index in [1.807, 2.05) is 0 Å². The van der Waals surface area contributed by atoms with E-state index >= 15 is 0 Å². The van der Waals surface area contributed by atoms with Crippen LogP contribution in [0.4, 0.5) is 11.4 Å². The molecule has 4 rings (SSSR count). The molecule has 0 saturated carbocycles. The van der Waals surface area contributed by atoms with E-state index in [9.17, 15) is 19.2 Å². The molecule has 0 unspecified atom stereocenters. The van der Waals surface area contributed by atoms with Crippen LogP contribution in [0.15, 0.2) is 53.3 Å². The second-order valence-electron chi connectivity index (χ2n) is 7.80. The summed E-state index contributed by atoms with van der Waals surface area (Å²) in [4.78, 5) is 55.9. The number of benzene rings is 2. The van der Waals surface area contributed by atoms with Crippen molar-refractivity contribution in [1.82, 2.24) is 9.38 Å². The predicted molar refractivity (Wildman–Crippen MR) is 139 cm³/mol. The van der Waals surface area contributed by atoms with Crippen molar-refractivity contribution in [2.75, 3.05) is 17.2 Å². The summed E-state index contributed by atoms with van der Waals surface area (Å²) in [6, 6.07) is 12.4. The van der Waals surface area contributed by atoms with Crippen molar-refractivity contribution in [3.63, 3.8) is 0 Å². The molecule has 0 spiro atoms. The van der Waals surface area contributed by atoms with Crippen LogP contribution in [0, 0.1) is 13.8 Å². The molecule has 2 amide bonds. The van der Waals surface area contributed by atoms with Crippen LogP contribution in [-0.2, 0) is 4.74 Å². The number of nitrogens with one attached hydrogen (secondary N) is 2. The van der Waals surface area contributed by atoms with E-state index in [2.05, 4.69) is 15.6 Å². The Hall–Kier alpha value is -4.02. The Morgan fingerprint density at radius 3 is 2.42 bits per heavy atom. The molecule has 0 aliphatic heterocycles. The third kappa shape index (κ3) is 5.14. The fourth-order valence-corrected chi connectivity index (χ4v) is 4.78. The van der Waals surface area contributed by atoms with E-state index in [0.29, 0.717) is 27.7 Å². The molecule has 9 nitrogen and oxygen atoms in total. The number of esters is 1. The minimum atomic E-state index is -0.684. The van der Waals surface area contributed by atoms with E-state index in [1.165, 1.54) is 30.3 Å². The van der Waals surface area contributed by atoms with Gasteiger partial charge in [0.1, 0.15) is 10.6 Å². The molecular formula is C25H21ClN4O5S. The van der Waals surface area contributed by atoms with Gasteiger partial charge in [0.25, 0.3) is 17.4 Å². The number of hydrogen-bond acceptors (Lipinski definition) is 7. The van der Waals surface area contributed by atoms with E-state index in [0.717, 1.165) is 21.3 Å². The Balaban J connectivity index is 1.71. The zero-order valence-corrected chi connectivity index (χ0v) is 21.1. The van der Waals surface area contributed by atoms with Gasteiger partial charge in [0, 0.05) is 28.2 Å². The zero-order chi connectivity index (χ0) is 26.0. The molecule has 0 saturated heterocycles. The summed E-state index contributed by atoms with van der Waals surface area (Å²) in [5.74, 6) is -1.74. The molecular weight excluding hydrogens is 504 g/mol. The maximum Gasteiger partial charge on any atom is 0.338 e. The highest BCUT2D eigenvalue weighted by Gasteiger charge is 2.26. The minimum Gasteiger partial charge on any atom is -0.462 e. The number of amides is 2. The van der Waals surface area contributed by atoms with Crippen molar-refractivity contribution in [1.29, 1.82) is 0 Å². The van der Waals surface area contributed by atoms with Crippen LogP contribution in [0.25, 0.3) is 4.96 Å². The summed E-state index contributed by atoms with van der Waals surface area (Å²) < 4.78 is 6.08. The first kappa shape index (κ1) is 25.1. The number of aromatic nitrogens is 2. The van der Waals surface area contributed by atoms with Crippen LogP contribution >= 0.6 is 22.9 Å². The topological polar surface area (TPSA) is 119 Å². The molecule has 0 fully saturated rings. The van der Waals surface area contributed by atoms with Crippen molar-refractivity contribution in [3.8, 4) is 0 Å². The Morgan fingerprint density at radius 1 is 1.03 bits per heavy atom. The molecule has 0 aliphatic rings. The summed E-state index contributed by atoms with van der Waals surface area (Å²) >= 11 is 6.94. The van der Waals surface area contributed by atoms with E-state index < -0.39 is 23.3 Å². The maximum atomic E-state index is 13.4. The smallest absolute Gasteiger partial charge is 0.338 e. The van der Waals surface area contributed by atoms with E-state index in [1.54, 1.807) is 39.0 Å². The standard InChI is InChI=1S/C25H21ClN4O5S/c1-4-35-24(34)15-5-8-17(9-6-15)28-22(32)20-21(36-25-27-14(3)12-19(31)30(20)25)23(33)29-18-10-7-16(26)11-13(18)2/h5-12H,4H2,1-3H3,(H,28,32)(H,29,33). The lowest BCUT2D eigenvalue weighted by Crippen LogP contribution is -2.25. The molecule has 2 heterocycles. The number of fused-ring (bicyclic) bond motifs is 1. The summed E-state index contributed by atoms with van der Waals surface area (Å²) in [5, 5.41) is 5.98. The number of carbonyl (C=O) groups excluding carboxylic acids is 3. The van der Waals surface area contributed by atoms with Crippen LogP contribution in [0.3, 0.4) is 0 Å².